The number of thioether (sulfide) groups is 1. The zero-order valence-electron chi connectivity index (χ0n) is 20.1. The highest BCUT2D eigenvalue weighted by atomic mass is 35.5. The summed E-state index contributed by atoms with van der Waals surface area (Å²) >= 11 is 7.54. The highest BCUT2D eigenvalue weighted by Gasteiger charge is 2.48. The molecule has 3 rings (SSSR count). The van der Waals surface area contributed by atoms with Gasteiger partial charge < -0.3 is 35.4 Å². The van der Waals surface area contributed by atoms with Crippen molar-refractivity contribution < 1.29 is 34.0 Å². The van der Waals surface area contributed by atoms with E-state index in [1.54, 1.807) is 19.2 Å². The number of hydrogen-bond donors (Lipinski definition) is 5. The lowest BCUT2D eigenvalue weighted by atomic mass is 9.93. The van der Waals surface area contributed by atoms with E-state index in [1.165, 1.54) is 24.0 Å². The van der Waals surface area contributed by atoms with Crippen molar-refractivity contribution in [3.05, 3.63) is 48.1 Å². The summed E-state index contributed by atoms with van der Waals surface area (Å²) in [5, 5.41) is 36.3. The molecule has 200 valence electrons. The van der Waals surface area contributed by atoms with Gasteiger partial charge in [-0.2, -0.15) is 4.39 Å². The number of allylic oxidation sites excluding steroid dienone is 1. The molecule has 3 heterocycles. The fourth-order valence-corrected chi connectivity index (χ4v) is 4.99. The van der Waals surface area contributed by atoms with Crippen molar-refractivity contribution in [2.45, 2.75) is 67.1 Å². The van der Waals surface area contributed by atoms with Crippen molar-refractivity contribution in [2.24, 2.45) is 0 Å². The van der Waals surface area contributed by atoms with Crippen LogP contribution >= 0.6 is 23.4 Å². The molecule has 3 unspecified atom stereocenters. The van der Waals surface area contributed by atoms with E-state index in [0.717, 1.165) is 5.57 Å². The first-order valence-corrected chi connectivity index (χ1v) is 13.4. The van der Waals surface area contributed by atoms with E-state index in [9.17, 15) is 24.5 Å². The number of nitrogens with zero attached hydrogens (tertiary/aromatic N) is 1. The average molecular weight is 546 g/mol. The number of alkyl halides is 1. The third-order valence-electron chi connectivity index (χ3n) is 6.11. The molecule has 1 amide bonds. The fraction of sp³-hybridized carbons (Fsp3) is 0.583. The van der Waals surface area contributed by atoms with E-state index in [0.29, 0.717) is 25.1 Å². The minimum atomic E-state index is -1.43. The lowest BCUT2D eigenvalue weighted by Crippen LogP contribution is -2.65. The number of aliphatic hydroxyl groups is 3. The maximum absolute atomic E-state index is 13.1. The Balaban J connectivity index is 1.57. The molecule has 0 aliphatic carbocycles. The van der Waals surface area contributed by atoms with E-state index in [-0.39, 0.29) is 12.5 Å². The van der Waals surface area contributed by atoms with Crippen LogP contribution in [0, 0.1) is 5.95 Å². The molecule has 1 aromatic rings. The molecular formula is C24H33ClFN3O6S. The van der Waals surface area contributed by atoms with Crippen molar-refractivity contribution in [3.8, 4) is 5.75 Å². The van der Waals surface area contributed by atoms with Crippen LogP contribution in [0.15, 0.2) is 42.1 Å². The first-order valence-electron chi connectivity index (χ1n) is 11.7. The largest absolute Gasteiger partial charge is 0.489 e. The van der Waals surface area contributed by atoms with Crippen molar-refractivity contribution >= 4 is 29.3 Å². The number of rotatable bonds is 9. The molecule has 0 saturated carbocycles. The Kier molecular flexibility index (Phi) is 11.0. The van der Waals surface area contributed by atoms with Crippen LogP contribution < -0.4 is 15.4 Å². The van der Waals surface area contributed by atoms with Gasteiger partial charge in [0.2, 0.25) is 11.9 Å². The third kappa shape index (κ3) is 7.64. The van der Waals surface area contributed by atoms with E-state index < -0.39 is 53.3 Å². The van der Waals surface area contributed by atoms with Crippen LogP contribution in [0.1, 0.15) is 19.8 Å². The van der Waals surface area contributed by atoms with Crippen molar-refractivity contribution in [1.29, 1.82) is 0 Å². The molecule has 0 spiro atoms. The summed E-state index contributed by atoms with van der Waals surface area (Å²) in [5.74, 6) is -0.526. The molecule has 1 saturated heterocycles. The van der Waals surface area contributed by atoms with Gasteiger partial charge in [0.05, 0.1) is 17.5 Å². The van der Waals surface area contributed by atoms with Gasteiger partial charge in [-0.3, -0.25) is 4.79 Å². The van der Waals surface area contributed by atoms with Crippen molar-refractivity contribution in [2.75, 3.05) is 19.4 Å². The molecule has 1 fully saturated rings. The Bertz CT molecular complexity index is 937. The number of aromatic nitrogens is 1. The predicted octanol–water partition coefficient (Wildman–Crippen LogP) is 1.12. The number of halogens is 2. The van der Waals surface area contributed by atoms with E-state index in [4.69, 9.17) is 21.1 Å². The summed E-state index contributed by atoms with van der Waals surface area (Å²) in [6.45, 7) is 2.49. The highest BCUT2D eigenvalue weighted by Crippen LogP contribution is 2.30. The van der Waals surface area contributed by atoms with Gasteiger partial charge in [-0.1, -0.05) is 17.7 Å². The lowest BCUT2D eigenvalue weighted by molar-refractivity contribution is -0.205. The normalized spacial score (nSPS) is 30.8. The number of ether oxygens (including phenoxy) is 2. The van der Waals surface area contributed by atoms with Gasteiger partial charge in [0, 0.05) is 12.3 Å². The first-order chi connectivity index (χ1) is 17.2. The number of carbonyl (C=O) groups is 1. The second kappa shape index (κ2) is 13.7. The SMILES string of the molecule is CSC1O[C@H]([C@H](NC(=O)[C@@H]2CC=C(/C=C/COc3ccnc(F)c3)CCN2)[C@H](C)Cl)C(O)C(O)[C@H]1O. The monoisotopic (exact) mass is 545 g/mol. The molecule has 1 aromatic heterocycles. The smallest absolute Gasteiger partial charge is 0.237 e. The first kappa shape index (κ1) is 28.8. The van der Waals surface area contributed by atoms with Gasteiger partial charge >= 0.3 is 0 Å². The van der Waals surface area contributed by atoms with Crippen LogP contribution in [0.5, 0.6) is 5.75 Å². The highest BCUT2D eigenvalue weighted by molar-refractivity contribution is 7.99. The maximum atomic E-state index is 13.1. The molecule has 2 aliphatic rings. The van der Waals surface area contributed by atoms with Gasteiger partial charge in [0.25, 0.3) is 0 Å². The number of nitrogens with one attached hydrogen (secondary N) is 2. The van der Waals surface area contributed by atoms with Crippen LogP contribution in [0.3, 0.4) is 0 Å². The maximum Gasteiger partial charge on any atom is 0.237 e. The van der Waals surface area contributed by atoms with E-state index >= 15 is 0 Å². The summed E-state index contributed by atoms with van der Waals surface area (Å²) in [6.07, 6.45) is 4.76. The summed E-state index contributed by atoms with van der Waals surface area (Å²) in [7, 11) is 0. The van der Waals surface area contributed by atoms with Crippen LogP contribution in [0.2, 0.25) is 0 Å². The predicted molar refractivity (Wildman–Crippen MR) is 135 cm³/mol. The minimum Gasteiger partial charge on any atom is -0.489 e. The van der Waals surface area contributed by atoms with Gasteiger partial charge in [-0.25, -0.2) is 4.98 Å². The average Bonchev–Trinajstić information content (AvgIpc) is 3.10. The Morgan fingerprint density at radius 3 is 2.89 bits per heavy atom. The van der Waals surface area contributed by atoms with Crippen LogP contribution in [0.25, 0.3) is 0 Å². The molecule has 12 heteroatoms. The Hall–Kier alpha value is -1.73. The molecule has 36 heavy (non-hydrogen) atoms. The zero-order chi connectivity index (χ0) is 26.2. The van der Waals surface area contributed by atoms with Crippen LogP contribution in [-0.2, 0) is 9.53 Å². The second-order valence-electron chi connectivity index (χ2n) is 8.69. The van der Waals surface area contributed by atoms with Crippen molar-refractivity contribution in [3.63, 3.8) is 0 Å². The lowest BCUT2D eigenvalue weighted by Gasteiger charge is -2.44. The Morgan fingerprint density at radius 1 is 1.42 bits per heavy atom. The summed E-state index contributed by atoms with van der Waals surface area (Å²) in [5.41, 5.74) is 0.258. The summed E-state index contributed by atoms with van der Waals surface area (Å²) < 4.78 is 24.4. The minimum absolute atomic E-state index is 0.259. The van der Waals surface area contributed by atoms with E-state index in [1.807, 2.05) is 18.2 Å². The number of pyridine rings is 1. The third-order valence-corrected chi connectivity index (χ3v) is 7.24. The fourth-order valence-electron chi connectivity index (χ4n) is 4.10. The molecule has 0 aromatic carbocycles. The summed E-state index contributed by atoms with van der Waals surface area (Å²) in [4.78, 5) is 16.6. The number of aliphatic hydroxyl groups excluding tert-OH is 3. The Morgan fingerprint density at radius 2 is 2.19 bits per heavy atom. The molecule has 0 bridgehead atoms. The van der Waals surface area contributed by atoms with Crippen LogP contribution in [-0.4, -0.2) is 92.9 Å². The molecule has 2 aliphatic heterocycles. The molecular weight excluding hydrogens is 513 g/mol. The number of carbonyl (C=O) groups excluding carboxylic acids is 1. The van der Waals surface area contributed by atoms with Gasteiger partial charge in [-0.05, 0) is 44.7 Å². The molecule has 5 N–H and O–H groups in total. The van der Waals surface area contributed by atoms with Gasteiger partial charge in [0.1, 0.15) is 42.2 Å². The quantitative estimate of drug-likeness (QED) is 0.229. The Labute approximate surface area is 219 Å². The topological polar surface area (TPSA) is 133 Å². The van der Waals surface area contributed by atoms with E-state index in [2.05, 4.69) is 15.6 Å². The van der Waals surface area contributed by atoms with Crippen molar-refractivity contribution in [1.82, 2.24) is 15.6 Å². The van der Waals surface area contributed by atoms with Gasteiger partial charge in [-0.15, -0.1) is 23.4 Å². The summed E-state index contributed by atoms with van der Waals surface area (Å²) in [6, 6.07) is 1.46. The zero-order valence-corrected chi connectivity index (χ0v) is 21.7. The molecule has 8 atom stereocenters. The molecule has 9 nitrogen and oxygen atoms in total. The second-order valence-corrected chi connectivity index (χ2v) is 10.3. The van der Waals surface area contributed by atoms with Gasteiger partial charge in [0.15, 0.2) is 0 Å². The standard InChI is InChI=1S/C24H33ClFN3O6S/c1-13(25)18(22-20(31)19(30)21(32)24(35-22)36-2)29-23(33)16-6-5-14(7-9-27-16)4-3-11-34-15-8-10-28-17(26)12-15/h3-5,8,10,12-13,16,18-22,24,27,30-32H,6-7,9,11H2,1-2H3,(H,29,33)/b4-3+/t13-,16-,18+,19?,20?,21+,22+,24?/m0/s1. The van der Waals surface area contributed by atoms with Crippen LogP contribution in [0.4, 0.5) is 4.39 Å². The molecule has 0 radical (unpaired) electrons. The number of amides is 1. The number of hydrogen-bond acceptors (Lipinski definition) is 9.